The van der Waals surface area contributed by atoms with Gasteiger partial charge in [-0.05, 0) is 37.5 Å². The minimum absolute atomic E-state index is 0.0303. The van der Waals surface area contributed by atoms with E-state index in [1.807, 2.05) is 19.1 Å². The number of benzene rings is 1. The Hall–Kier alpha value is -2.45. The molecule has 0 aliphatic carbocycles. The highest BCUT2D eigenvalue weighted by Crippen LogP contribution is 2.20. The number of amides is 1. The number of carbonyl (C=O) groups is 1. The van der Waals surface area contributed by atoms with Crippen LogP contribution in [0, 0.1) is 6.92 Å². The molecule has 2 heterocycles. The normalized spacial score (nSPS) is 15.1. The summed E-state index contributed by atoms with van der Waals surface area (Å²) in [6, 6.07) is 9.78. The van der Waals surface area contributed by atoms with Crippen LogP contribution in [-0.4, -0.2) is 36.3 Å². The number of nitrogens with one attached hydrogen (secondary N) is 1. The van der Waals surface area contributed by atoms with Gasteiger partial charge in [0.05, 0.1) is 4.90 Å². The summed E-state index contributed by atoms with van der Waals surface area (Å²) in [6.07, 6.45) is 2.91. The molecule has 2 aromatic rings. The summed E-state index contributed by atoms with van der Waals surface area (Å²) >= 11 is 0. The second kappa shape index (κ2) is 7.43. The number of hydrogen-bond acceptors (Lipinski definition) is 4. The maximum atomic E-state index is 12.6. The molecular formula is C18H21N3O4S. The zero-order valence-corrected chi connectivity index (χ0v) is 15.3. The third-order valence-electron chi connectivity index (χ3n) is 4.39. The van der Waals surface area contributed by atoms with Crippen LogP contribution < -0.4 is 10.9 Å². The number of sulfonamides is 1. The monoisotopic (exact) mass is 375 g/mol. The molecule has 1 aromatic carbocycles. The fourth-order valence-corrected chi connectivity index (χ4v) is 4.46. The molecule has 138 valence electrons. The average Bonchev–Trinajstić information content (AvgIpc) is 3.14. The third kappa shape index (κ3) is 3.86. The summed E-state index contributed by atoms with van der Waals surface area (Å²) in [5, 5.41) is 2.74. The second-order valence-electron chi connectivity index (χ2n) is 6.31. The van der Waals surface area contributed by atoms with E-state index >= 15 is 0 Å². The van der Waals surface area contributed by atoms with Crippen molar-refractivity contribution in [2.24, 2.45) is 0 Å². The first-order valence-corrected chi connectivity index (χ1v) is 9.88. The second-order valence-corrected chi connectivity index (χ2v) is 8.24. The largest absolute Gasteiger partial charge is 0.324 e. The first-order chi connectivity index (χ1) is 12.4. The minimum Gasteiger partial charge on any atom is -0.324 e. The van der Waals surface area contributed by atoms with Gasteiger partial charge in [-0.25, -0.2) is 8.42 Å². The van der Waals surface area contributed by atoms with Crippen molar-refractivity contribution in [1.82, 2.24) is 8.87 Å². The van der Waals surface area contributed by atoms with Crippen molar-refractivity contribution in [3.63, 3.8) is 0 Å². The third-order valence-corrected chi connectivity index (χ3v) is 6.27. The van der Waals surface area contributed by atoms with Crippen molar-refractivity contribution in [2.45, 2.75) is 31.2 Å². The quantitative estimate of drug-likeness (QED) is 0.859. The number of para-hydroxylation sites is 1. The van der Waals surface area contributed by atoms with Crippen molar-refractivity contribution in [1.29, 1.82) is 0 Å². The lowest BCUT2D eigenvalue weighted by molar-refractivity contribution is -0.116. The summed E-state index contributed by atoms with van der Waals surface area (Å²) in [6.45, 7) is 2.58. The van der Waals surface area contributed by atoms with Crippen molar-refractivity contribution < 1.29 is 13.2 Å². The first kappa shape index (κ1) is 18.3. The number of pyridine rings is 1. The van der Waals surface area contributed by atoms with Crippen LogP contribution >= 0.6 is 0 Å². The van der Waals surface area contributed by atoms with Crippen LogP contribution in [0.15, 0.2) is 52.3 Å². The molecule has 1 fully saturated rings. The zero-order valence-electron chi connectivity index (χ0n) is 14.5. The number of hydrogen-bond donors (Lipinski definition) is 1. The van der Waals surface area contributed by atoms with Gasteiger partial charge in [0.2, 0.25) is 15.9 Å². The Kier molecular flexibility index (Phi) is 5.24. The van der Waals surface area contributed by atoms with Gasteiger partial charge >= 0.3 is 0 Å². The van der Waals surface area contributed by atoms with E-state index in [1.54, 1.807) is 12.1 Å². The van der Waals surface area contributed by atoms with Gasteiger partial charge in [-0.15, -0.1) is 0 Å². The number of aromatic nitrogens is 1. The lowest BCUT2D eigenvalue weighted by atomic mass is 10.2. The van der Waals surface area contributed by atoms with Crippen molar-refractivity contribution in [2.75, 3.05) is 18.4 Å². The Labute approximate surface area is 152 Å². The lowest BCUT2D eigenvalue weighted by Gasteiger charge is -2.16. The first-order valence-electron chi connectivity index (χ1n) is 8.44. The predicted molar refractivity (Wildman–Crippen MR) is 98.5 cm³/mol. The van der Waals surface area contributed by atoms with Gasteiger partial charge in [-0.1, -0.05) is 18.2 Å². The summed E-state index contributed by atoms with van der Waals surface area (Å²) in [5.41, 5.74) is 1.13. The molecule has 1 aliphatic heterocycles. The fraction of sp³-hybridized carbons (Fsp3) is 0.333. The highest BCUT2D eigenvalue weighted by atomic mass is 32.2. The molecule has 1 amide bonds. The van der Waals surface area contributed by atoms with Crippen LogP contribution in [0.2, 0.25) is 0 Å². The summed E-state index contributed by atoms with van der Waals surface area (Å²) in [4.78, 5) is 24.4. The van der Waals surface area contributed by atoms with Crippen LogP contribution in [0.3, 0.4) is 0 Å². The summed E-state index contributed by atoms with van der Waals surface area (Å²) in [7, 11) is -3.64. The standard InChI is InChI=1S/C18H21N3O4S/c1-14-6-2-3-7-16(14)19-17(22)13-20-12-15(8-9-18(20)23)26(24,25)21-10-4-5-11-21/h2-3,6-9,12H,4-5,10-11,13H2,1H3,(H,19,22). The maximum Gasteiger partial charge on any atom is 0.251 e. The van der Waals surface area contributed by atoms with Crippen molar-refractivity contribution >= 4 is 21.6 Å². The summed E-state index contributed by atoms with van der Waals surface area (Å²) in [5.74, 6) is -0.392. The molecule has 1 N–H and O–H groups in total. The van der Waals surface area contributed by atoms with Gasteiger partial charge in [0.15, 0.2) is 0 Å². The number of anilines is 1. The Morgan fingerprint density at radius 3 is 2.50 bits per heavy atom. The maximum absolute atomic E-state index is 12.6. The molecule has 1 saturated heterocycles. The molecule has 7 nitrogen and oxygen atoms in total. The highest BCUT2D eigenvalue weighted by molar-refractivity contribution is 7.89. The van der Waals surface area contributed by atoms with Crippen LogP contribution in [0.25, 0.3) is 0 Å². The van der Waals surface area contributed by atoms with Gasteiger partial charge in [0.25, 0.3) is 5.56 Å². The van der Waals surface area contributed by atoms with E-state index in [9.17, 15) is 18.0 Å². The van der Waals surface area contributed by atoms with Crippen molar-refractivity contribution in [3.8, 4) is 0 Å². The zero-order chi connectivity index (χ0) is 18.7. The Morgan fingerprint density at radius 1 is 1.12 bits per heavy atom. The Bertz CT molecular complexity index is 976. The van der Waals surface area contributed by atoms with E-state index < -0.39 is 21.5 Å². The Morgan fingerprint density at radius 2 is 1.81 bits per heavy atom. The van der Waals surface area contributed by atoms with Gasteiger partial charge in [-0.3, -0.25) is 9.59 Å². The number of rotatable bonds is 5. The van der Waals surface area contributed by atoms with Gasteiger partial charge < -0.3 is 9.88 Å². The molecule has 1 aliphatic rings. The van der Waals surface area contributed by atoms with E-state index in [0.717, 1.165) is 23.0 Å². The summed E-state index contributed by atoms with van der Waals surface area (Å²) < 4.78 is 27.8. The SMILES string of the molecule is Cc1ccccc1NC(=O)Cn1cc(S(=O)(=O)N2CCCC2)ccc1=O. The molecule has 0 saturated carbocycles. The number of carbonyl (C=O) groups excluding carboxylic acids is 1. The molecule has 0 bridgehead atoms. The van der Waals surface area contributed by atoms with E-state index in [2.05, 4.69) is 5.32 Å². The Balaban J connectivity index is 1.81. The molecule has 8 heteroatoms. The number of nitrogens with zero attached hydrogens (tertiary/aromatic N) is 2. The van der Waals surface area contributed by atoms with Gasteiger partial charge in [0.1, 0.15) is 6.54 Å². The smallest absolute Gasteiger partial charge is 0.251 e. The number of aryl methyl sites for hydroxylation is 1. The molecule has 26 heavy (non-hydrogen) atoms. The van der Waals surface area contributed by atoms with E-state index in [-0.39, 0.29) is 11.4 Å². The minimum atomic E-state index is -3.64. The van der Waals surface area contributed by atoms with Crippen LogP contribution in [0.1, 0.15) is 18.4 Å². The molecule has 1 aromatic heterocycles. The topological polar surface area (TPSA) is 88.5 Å². The van der Waals surface area contributed by atoms with E-state index in [4.69, 9.17) is 0 Å². The van der Waals surface area contributed by atoms with Crippen LogP contribution in [0.4, 0.5) is 5.69 Å². The van der Waals surface area contributed by atoms with Gasteiger partial charge in [-0.2, -0.15) is 4.31 Å². The molecule has 0 spiro atoms. The van der Waals surface area contributed by atoms with E-state index in [1.165, 1.54) is 22.6 Å². The van der Waals surface area contributed by atoms with Crippen LogP contribution in [-0.2, 0) is 21.4 Å². The van der Waals surface area contributed by atoms with Crippen LogP contribution in [0.5, 0.6) is 0 Å². The predicted octanol–water partition coefficient (Wildman–Crippen LogP) is 1.58. The molecule has 3 rings (SSSR count). The lowest BCUT2D eigenvalue weighted by Crippen LogP contribution is -2.31. The molecular weight excluding hydrogens is 354 g/mol. The molecule has 0 atom stereocenters. The van der Waals surface area contributed by atoms with E-state index in [0.29, 0.717) is 18.8 Å². The fourth-order valence-electron chi connectivity index (χ4n) is 2.92. The average molecular weight is 375 g/mol. The van der Waals surface area contributed by atoms with Gasteiger partial charge in [0, 0.05) is 31.0 Å². The van der Waals surface area contributed by atoms with Crippen molar-refractivity contribution in [3.05, 3.63) is 58.5 Å². The molecule has 0 radical (unpaired) electrons. The highest BCUT2D eigenvalue weighted by Gasteiger charge is 2.27. The molecule has 0 unspecified atom stereocenters.